The Morgan fingerprint density at radius 1 is 1.24 bits per heavy atom. The molecule has 0 saturated heterocycles. The Bertz CT molecular complexity index is 518. The third-order valence-corrected chi connectivity index (χ3v) is 5.12. The first-order valence-corrected chi connectivity index (χ1v) is 8.14. The van der Waals surface area contributed by atoms with E-state index in [1.165, 1.54) is 25.7 Å². The molecule has 1 aliphatic carbocycles. The molecule has 1 aromatic carbocycles. The molecule has 3 heteroatoms. The van der Waals surface area contributed by atoms with E-state index >= 15 is 0 Å². The van der Waals surface area contributed by atoms with Gasteiger partial charge in [0, 0.05) is 24.2 Å². The van der Waals surface area contributed by atoms with Crippen molar-refractivity contribution >= 4 is 5.91 Å². The lowest BCUT2D eigenvalue weighted by Crippen LogP contribution is -2.41. The molecule has 0 aromatic heterocycles. The number of ether oxygens (including phenoxy) is 1. The highest BCUT2D eigenvalue weighted by molar-refractivity contribution is 5.97. The van der Waals surface area contributed by atoms with Gasteiger partial charge in [-0.05, 0) is 43.2 Å². The molecule has 114 valence electrons. The van der Waals surface area contributed by atoms with Crippen molar-refractivity contribution in [2.75, 3.05) is 20.2 Å². The van der Waals surface area contributed by atoms with Crippen LogP contribution in [0.5, 0.6) is 5.75 Å². The molecular weight excluding hydrogens is 262 g/mol. The lowest BCUT2D eigenvalue weighted by Gasteiger charge is -2.34. The molecule has 1 heterocycles. The van der Waals surface area contributed by atoms with Gasteiger partial charge in [-0.1, -0.05) is 25.8 Å². The standard InChI is InChI=1S/C18H25NO2/c1-13-6-8-14(9-7-13)12-19-11-10-15-16(18(19)20)4-3-5-17(15)21-2/h3-5,13-14H,6-12H2,1-2H3. The zero-order valence-electron chi connectivity index (χ0n) is 13.1. The van der Waals surface area contributed by atoms with Crippen LogP contribution in [-0.4, -0.2) is 31.0 Å². The zero-order chi connectivity index (χ0) is 14.8. The van der Waals surface area contributed by atoms with Gasteiger partial charge in [0.25, 0.3) is 5.91 Å². The summed E-state index contributed by atoms with van der Waals surface area (Å²) in [6.45, 7) is 4.10. The summed E-state index contributed by atoms with van der Waals surface area (Å²) >= 11 is 0. The largest absolute Gasteiger partial charge is 0.496 e. The number of methoxy groups -OCH3 is 1. The fourth-order valence-electron chi connectivity index (χ4n) is 3.73. The third-order valence-electron chi connectivity index (χ3n) is 5.12. The monoisotopic (exact) mass is 287 g/mol. The maximum Gasteiger partial charge on any atom is 0.254 e. The Kier molecular flexibility index (Phi) is 4.18. The van der Waals surface area contributed by atoms with Gasteiger partial charge in [0.05, 0.1) is 7.11 Å². The summed E-state index contributed by atoms with van der Waals surface area (Å²) in [4.78, 5) is 14.8. The highest BCUT2D eigenvalue weighted by Gasteiger charge is 2.29. The second-order valence-electron chi connectivity index (χ2n) is 6.61. The molecule has 1 saturated carbocycles. The molecule has 1 aromatic rings. The number of hydrogen-bond donors (Lipinski definition) is 0. The number of carbonyl (C=O) groups excluding carboxylic acids is 1. The van der Waals surface area contributed by atoms with Gasteiger partial charge in [0.15, 0.2) is 0 Å². The van der Waals surface area contributed by atoms with E-state index in [4.69, 9.17) is 4.74 Å². The molecule has 21 heavy (non-hydrogen) atoms. The Morgan fingerprint density at radius 3 is 2.71 bits per heavy atom. The van der Waals surface area contributed by atoms with Crippen molar-refractivity contribution in [2.24, 2.45) is 11.8 Å². The van der Waals surface area contributed by atoms with Crippen molar-refractivity contribution in [1.29, 1.82) is 0 Å². The second kappa shape index (κ2) is 6.08. The van der Waals surface area contributed by atoms with Crippen LogP contribution in [0.3, 0.4) is 0 Å². The van der Waals surface area contributed by atoms with Gasteiger partial charge in [-0.3, -0.25) is 4.79 Å². The first-order valence-electron chi connectivity index (χ1n) is 8.14. The first-order chi connectivity index (χ1) is 10.2. The van der Waals surface area contributed by atoms with Gasteiger partial charge in [-0.15, -0.1) is 0 Å². The van der Waals surface area contributed by atoms with Gasteiger partial charge in [0.2, 0.25) is 0 Å². The van der Waals surface area contributed by atoms with Crippen molar-refractivity contribution in [3.63, 3.8) is 0 Å². The SMILES string of the molecule is COc1cccc2c1CCN(CC1CCC(C)CC1)C2=O. The number of rotatable bonds is 3. The summed E-state index contributed by atoms with van der Waals surface area (Å²) < 4.78 is 5.39. The molecule has 0 radical (unpaired) electrons. The highest BCUT2D eigenvalue weighted by Crippen LogP contribution is 2.32. The van der Waals surface area contributed by atoms with E-state index in [-0.39, 0.29) is 5.91 Å². The van der Waals surface area contributed by atoms with Crippen molar-refractivity contribution in [2.45, 2.75) is 39.0 Å². The van der Waals surface area contributed by atoms with Crippen LogP contribution in [0, 0.1) is 11.8 Å². The predicted octanol–water partition coefficient (Wildman–Crippen LogP) is 3.52. The van der Waals surface area contributed by atoms with Crippen LogP contribution in [0.15, 0.2) is 18.2 Å². The van der Waals surface area contributed by atoms with E-state index in [0.717, 1.165) is 42.3 Å². The van der Waals surface area contributed by atoms with Crippen molar-refractivity contribution in [3.8, 4) is 5.75 Å². The van der Waals surface area contributed by atoms with Crippen molar-refractivity contribution in [1.82, 2.24) is 4.90 Å². The maximum absolute atomic E-state index is 12.7. The Balaban J connectivity index is 1.71. The summed E-state index contributed by atoms with van der Waals surface area (Å²) in [6.07, 6.45) is 6.09. The molecule has 1 amide bonds. The van der Waals surface area contributed by atoms with Crippen LogP contribution in [0.25, 0.3) is 0 Å². The van der Waals surface area contributed by atoms with Crippen LogP contribution in [0.1, 0.15) is 48.5 Å². The van der Waals surface area contributed by atoms with E-state index in [2.05, 4.69) is 11.8 Å². The van der Waals surface area contributed by atoms with E-state index in [1.807, 2.05) is 18.2 Å². The Labute approximate surface area is 127 Å². The van der Waals surface area contributed by atoms with Crippen LogP contribution in [0.4, 0.5) is 0 Å². The van der Waals surface area contributed by atoms with E-state index in [9.17, 15) is 4.79 Å². The van der Waals surface area contributed by atoms with Crippen LogP contribution >= 0.6 is 0 Å². The number of hydrogen-bond acceptors (Lipinski definition) is 2. The highest BCUT2D eigenvalue weighted by atomic mass is 16.5. The minimum absolute atomic E-state index is 0.189. The molecule has 3 rings (SSSR count). The van der Waals surface area contributed by atoms with Crippen molar-refractivity contribution in [3.05, 3.63) is 29.3 Å². The molecule has 0 unspecified atom stereocenters. The van der Waals surface area contributed by atoms with E-state index in [0.29, 0.717) is 5.92 Å². The molecule has 1 aliphatic heterocycles. The molecule has 0 N–H and O–H groups in total. The number of amides is 1. The number of carbonyl (C=O) groups is 1. The van der Waals surface area contributed by atoms with Gasteiger partial charge < -0.3 is 9.64 Å². The average molecular weight is 287 g/mol. The van der Waals surface area contributed by atoms with Crippen LogP contribution in [-0.2, 0) is 6.42 Å². The summed E-state index contributed by atoms with van der Waals surface area (Å²) in [6, 6.07) is 5.81. The van der Waals surface area contributed by atoms with Crippen LogP contribution in [0.2, 0.25) is 0 Å². The molecule has 0 spiro atoms. The van der Waals surface area contributed by atoms with Gasteiger partial charge >= 0.3 is 0 Å². The molecule has 0 bridgehead atoms. The zero-order valence-corrected chi connectivity index (χ0v) is 13.1. The Hall–Kier alpha value is -1.51. The van der Waals surface area contributed by atoms with Gasteiger partial charge in [0.1, 0.15) is 5.75 Å². The first kappa shape index (κ1) is 14.4. The smallest absolute Gasteiger partial charge is 0.254 e. The number of fused-ring (bicyclic) bond motifs is 1. The quantitative estimate of drug-likeness (QED) is 0.851. The number of benzene rings is 1. The molecule has 0 atom stereocenters. The minimum Gasteiger partial charge on any atom is -0.496 e. The number of nitrogens with zero attached hydrogens (tertiary/aromatic N) is 1. The Morgan fingerprint density at radius 2 is 2.00 bits per heavy atom. The lowest BCUT2D eigenvalue weighted by atomic mass is 9.82. The summed E-state index contributed by atoms with van der Waals surface area (Å²) in [5.74, 6) is 2.60. The fourth-order valence-corrected chi connectivity index (χ4v) is 3.73. The maximum atomic E-state index is 12.7. The third kappa shape index (κ3) is 2.92. The normalized spacial score (nSPS) is 25.6. The van der Waals surface area contributed by atoms with E-state index in [1.54, 1.807) is 7.11 Å². The molecular formula is C18H25NO2. The second-order valence-corrected chi connectivity index (χ2v) is 6.61. The molecule has 1 fully saturated rings. The van der Waals surface area contributed by atoms with Gasteiger partial charge in [-0.2, -0.15) is 0 Å². The van der Waals surface area contributed by atoms with Crippen molar-refractivity contribution < 1.29 is 9.53 Å². The predicted molar refractivity (Wildman–Crippen MR) is 83.7 cm³/mol. The topological polar surface area (TPSA) is 29.5 Å². The summed E-state index contributed by atoms with van der Waals surface area (Å²) in [5.41, 5.74) is 1.92. The summed E-state index contributed by atoms with van der Waals surface area (Å²) in [7, 11) is 1.68. The van der Waals surface area contributed by atoms with Gasteiger partial charge in [-0.25, -0.2) is 0 Å². The summed E-state index contributed by atoms with van der Waals surface area (Å²) in [5, 5.41) is 0. The van der Waals surface area contributed by atoms with E-state index < -0.39 is 0 Å². The van der Waals surface area contributed by atoms with Crippen LogP contribution < -0.4 is 4.74 Å². The lowest BCUT2D eigenvalue weighted by molar-refractivity contribution is 0.0689. The minimum atomic E-state index is 0.189. The average Bonchev–Trinajstić information content (AvgIpc) is 2.51. The fraction of sp³-hybridized carbons (Fsp3) is 0.611. The molecule has 3 nitrogen and oxygen atoms in total. The molecule has 2 aliphatic rings.